The molecule has 1 atom stereocenters. The van der Waals surface area contributed by atoms with Gasteiger partial charge < -0.3 is 4.74 Å². The fourth-order valence-electron chi connectivity index (χ4n) is 1.56. The van der Waals surface area contributed by atoms with Gasteiger partial charge in [0.05, 0.1) is 0 Å². The third-order valence-electron chi connectivity index (χ3n) is 2.46. The van der Waals surface area contributed by atoms with Crippen LogP contribution in [0.4, 0.5) is 0 Å². The van der Waals surface area contributed by atoms with Crippen LogP contribution in [0.2, 0.25) is 0 Å². The summed E-state index contributed by atoms with van der Waals surface area (Å²) < 4.78 is 5.05. The van der Waals surface area contributed by atoms with Crippen molar-refractivity contribution in [1.29, 1.82) is 0 Å². The molecule has 0 aromatic heterocycles. The summed E-state index contributed by atoms with van der Waals surface area (Å²) in [6.45, 7) is 1.99. The van der Waals surface area contributed by atoms with E-state index in [-0.39, 0.29) is 11.7 Å². The van der Waals surface area contributed by atoms with Gasteiger partial charge >= 0.3 is 5.97 Å². The van der Waals surface area contributed by atoms with Crippen molar-refractivity contribution >= 4 is 11.9 Å². The lowest BCUT2D eigenvalue weighted by atomic mass is 10.0. The van der Waals surface area contributed by atoms with E-state index in [9.17, 15) is 9.59 Å². The summed E-state index contributed by atoms with van der Waals surface area (Å²) in [5.74, 6) is 1.07. The molecule has 0 bridgehead atoms. The number of aryl methyl sites for hydroxylation is 1. The summed E-state index contributed by atoms with van der Waals surface area (Å²) in [6, 6.07) is 7.71. The van der Waals surface area contributed by atoms with Gasteiger partial charge in [-0.05, 0) is 12.5 Å². The largest absolute Gasteiger partial charge is 0.453 e. The number of carbonyl (C=O) groups excluding carboxylic acids is 2. The minimum absolute atomic E-state index is 0.0978. The van der Waals surface area contributed by atoms with Crippen LogP contribution in [0.5, 0.6) is 0 Å². The van der Waals surface area contributed by atoms with Crippen LogP contribution in [-0.4, -0.2) is 11.9 Å². The van der Waals surface area contributed by atoms with Gasteiger partial charge in [-0.3, -0.25) is 0 Å². The van der Waals surface area contributed by atoms with Crippen LogP contribution in [0.1, 0.15) is 23.7 Å². The molecule has 1 aromatic rings. The standard InChI is InChI=1S/C12H10O3/c1-8-2-4-9(5-3-8)11-6-10(7-13)12(14)15-11/h2-5,11H,6H2,1H3. The molecule has 0 amide bonds. The fourth-order valence-corrected chi connectivity index (χ4v) is 1.56. The Labute approximate surface area is 87.4 Å². The predicted molar refractivity (Wildman–Crippen MR) is 53.8 cm³/mol. The van der Waals surface area contributed by atoms with E-state index in [1.807, 2.05) is 31.2 Å². The maximum Gasteiger partial charge on any atom is 0.346 e. The van der Waals surface area contributed by atoms with Crippen LogP contribution >= 0.6 is 0 Å². The van der Waals surface area contributed by atoms with E-state index in [0.717, 1.165) is 11.1 Å². The van der Waals surface area contributed by atoms with Crippen molar-refractivity contribution in [3.05, 3.63) is 41.0 Å². The van der Waals surface area contributed by atoms with Crippen LogP contribution in [-0.2, 0) is 14.3 Å². The Morgan fingerprint density at radius 2 is 2.00 bits per heavy atom. The van der Waals surface area contributed by atoms with Gasteiger partial charge in [-0.15, -0.1) is 0 Å². The first kappa shape index (κ1) is 9.69. The van der Waals surface area contributed by atoms with Crippen molar-refractivity contribution in [3.63, 3.8) is 0 Å². The minimum atomic E-state index is -0.546. The van der Waals surface area contributed by atoms with Gasteiger partial charge in [0, 0.05) is 6.42 Å². The Bertz CT molecular complexity index is 438. The molecule has 0 saturated carbocycles. The Hall–Kier alpha value is -1.86. The number of esters is 1. The molecule has 1 unspecified atom stereocenters. The summed E-state index contributed by atoms with van der Waals surface area (Å²) in [5, 5.41) is 0. The lowest BCUT2D eigenvalue weighted by molar-refractivity contribution is -0.138. The summed E-state index contributed by atoms with van der Waals surface area (Å²) in [4.78, 5) is 21.5. The topological polar surface area (TPSA) is 43.4 Å². The molecule has 1 aromatic carbocycles. The molecule has 0 aliphatic carbocycles. The first-order valence-electron chi connectivity index (χ1n) is 4.72. The maximum atomic E-state index is 11.1. The molecule has 1 aliphatic rings. The first-order valence-corrected chi connectivity index (χ1v) is 4.72. The molecule has 1 fully saturated rings. The van der Waals surface area contributed by atoms with Crippen molar-refractivity contribution in [1.82, 2.24) is 0 Å². The molecule has 1 heterocycles. The highest BCUT2D eigenvalue weighted by molar-refractivity contribution is 5.98. The van der Waals surface area contributed by atoms with Crippen molar-refractivity contribution in [2.45, 2.75) is 19.4 Å². The van der Waals surface area contributed by atoms with Crippen LogP contribution in [0.25, 0.3) is 0 Å². The molecule has 1 saturated heterocycles. The number of hydrogen-bond donors (Lipinski definition) is 0. The number of cyclic esters (lactones) is 1. The molecular formula is C12H10O3. The highest BCUT2D eigenvalue weighted by Crippen LogP contribution is 2.31. The number of rotatable bonds is 1. The van der Waals surface area contributed by atoms with Crippen molar-refractivity contribution < 1.29 is 14.3 Å². The van der Waals surface area contributed by atoms with Crippen molar-refractivity contribution in [2.75, 3.05) is 0 Å². The van der Waals surface area contributed by atoms with Gasteiger partial charge in [0.1, 0.15) is 17.6 Å². The molecule has 0 spiro atoms. The molecule has 3 nitrogen and oxygen atoms in total. The average Bonchev–Trinajstić information content (AvgIpc) is 2.61. The predicted octanol–water partition coefficient (Wildman–Crippen LogP) is 1.74. The van der Waals surface area contributed by atoms with E-state index in [0.29, 0.717) is 6.42 Å². The van der Waals surface area contributed by atoms with Gasteiger partial charge in [0.25, 0.3) is 0 Å². The zero-order valence-electron chi connectivity index (χ0n) is 8.32. The van der Waals surface area contributed by atoms with E-state index in [4.69, 9.17) is 4.74 Å². The summed E-state index contributed by atoms with van der Waals surface area (Å²) >= 11 is 0. The van der Waals surface area contributed by atoms with E-state index in [2.05, 4.69) is 0 Å². The van der Waals surface area contributed by atoms with E-state index >= 15 is 0 Å². The second-order valence-corrected chi connectivity index (χ2v) is 3.59. The molecule has 0 N–H and O–H groups in total. The van der Waals surface area contributed by atoms with Crippen LogP contribution in [0.3, 0.4) is 0 Å². The second-order valence-electron chi connectivity index (χ2n) is 3.59. The number of carbonyl (C=O) groups is 1. The highest BCUT2D eigenvalue weighted by atomic mass is 16.5. The molecule has 1 aliphatic heterocycles. The molecule has 0 radical (unpaired) electrons. The van der Waals surface area contributed by atoms with Crippen LogP contribution < -0.4 is 0 Å². The van der Waals surface area contributed by atoms with Crippen molar-refractivity contribution in [2.24, 2.45) is 0 Å². The fraction of sp³-hybridized carbons (Fsp3) is 0.250. The van der Waals surface area contributed by atoms with E-state index in [1.165, 1.54) is 0 Å². The molecule has 2 rings (SSSR count). The minimum Gasteiger partial charge on any atom is -0.453 e. The van der Waals surface area contributed by atoms with Crippen LogP contribution in [0.15, 0.2) is 29.8 Å². The number of hydrogen-bond acceptors (Lipinski definition) is 3. The van der Waals surface area contributed by atoms with E-state index in [1.54, 1.807) is 5.94 Å². The summed E-state index contributed by atoms with van der Waals surface area (Å²) in [7, 11) is 0. The monoisotopic (exact) mass is 202 g/mol. The van der Waals surface area contributed by atoms with Gasteiger partial charge in [-0.1, -0.05) is 29.8 Å². The normalized spacial score (nSPS) is 19.9. The summed E-state index contributed by atoms with van der Waals surface area (Å²) in [5.41, 5.74) is 2.16. The highest BCUT2D eigenvalue weighted by Gasteiger charge is 2.30. The zero-order valence-corrected chi connectivity index (χ0v) is 8.32. The Morgan fingerprint density at radius 3 is 2.53 bits per heavy atom. The number of benzene rings is 1. The van der Waals surface area contributed by atoms with Gasteiger partial charge in [0.15, 0.2) is 0 Å². The van der Waals surface area contributed by atoms with Gasteiger partial charge in [-0.2, -0.15) is 0 Å². The van der Waals surface area contributed by atoms with Gasteiger partial charge in [-0.25, -0.2) is 9.59 Å². The molecular weight excluding hydrogens is 192 g/mol. The SMILES string of the molecule is Cc1ccc(C2CC(=C=O)C(=O)O2)cc1. The summed E-state index contributed by atoms with van der Waals surface area (Å²) in [6.07, 6.45) is 0.000305. The first-order chi connectivity index (χ1) is 7.20. The van der Waals surface area contributed by atoms with Gasteiger partial charge in [0.2, 0.25) is 0 Å². The van der Waals surface area contributed by atoms with Crippen molar-refractivity contribution in [3.8, 4) is 0 Å². The number of ether oxygens (including phenoxy) is 1. The third-order valence-corrected chi connectivity index (χ3v) is 2.46. The quantitative estimate of drug-likeness (QED) is 0.396. The lowest BCUT2D eigenvalue weighted by Gasteiger charge is -2.08. The smallest absolute Gasteiger partial charge is 0.346 e. The van der Waals surface area contributed by atoms with E-state index < -0.39 is 5.97 Å². The third kappa shape index (κ3) is 1.83. The molecule has 76 valence electrons. The Balaban J connectivity index is 2.24. The average molecular weight is 202 g/mol. The van der Waals surface area contributed by atoms with Crippen LogP contribution in [0, 0.1) is 6.92 Å². The maximum absolute atomic E-state index is 11.1. The lowest BCUT2D eigenvalue weighted by Crippen LogP contribution is -1.98. The molecule has 15 heavy (non-hydrogen) atoms. The molecule has 3 heteroatoms. The zero-order chi connectivity index (χ0) is 10.8. The second kappa shape index (κ2) is 3.71. The Kier molecular flexibility index (Phi) is 2.40. The Morgan fingerprint density at radius 1 is 1.33 bits per heavy atom.